The standard InChI is InChI=1S/C11H13N5OS/c1-16(2)11(17)9-3-4-10(15-14-9)12-5-8-6-18-7-13-8/h3-4,6-7H,5H2,1-2H3,(H,12,15). The van der Waals surface area contributed by atoms with Gasteiger partial charge in [-0.3, -0.25) is 4.79 Å². The predicted octanol–water partition coefficient (Wildman–Crippen LogP) is 1.25. The molecule has 0 aliphatic heterocycles. The van der Waals surface area contributed by atoms with Gasteiger partial charge in [-0.1, -0.05) is 0 Å². The molecule has 2 rings (SSSR count). The van der Waals surface area contributed by atoms with Crippen LogP contribution in [-0.4, -0.2) is 40.1 Å². The molecule has 1 N–H and O–H groups in total. The summed E-state index contributed by atoms with van der Waals surface area (Å²) in [7, 11) is 3.36. The summed E-state index contributed by atoms with van der Waals surface area (Å²) in [6, 6.07) is 3.38. The molecule has 2 aromatic rings. The molecule has 0 fully saturated rings. The van der Waals surface area contributed by atoms with Gasteiger partial charge in [0.25, 0.3) is 5.91 Å². The van der Waals surface area contributed by atoms with E-state index in [1.54, 1.807) is 43.1 Å². The second-order valence-corrected chi connectivity index (χ2v) is 4.56. The third-order valence-corrected chi connectivity index (χ3v) is 2.86. The fourth-order valence-corrected chi connectivity index (χ4v) is 1.83. The Balaban J connectivity index is 1.97. The summed E-state index contributed by atoms with van der Waals surface area (Å²) in [5.41, 5.74) is 3.07. The van der Waals surface area contributed by atoms with Crippen molar-refractivity contribution in [2.45, 2.75) is 6.54 Å². The number of anilines is 1. The van der Waals surface area contributed by atoms with Crippen LogP contribution in [0, 0.1) is 0 Å². The lowest BCUT2D eigenvalue weighted by atomic mass is 10.3. The molecule has 7 heteroatoms. The van der Waals surface area contributed by atoms with Crippen molar-refractivity contribution in [2.75, 3.05) is 19.4 Å². The summed E-state index contributed by atoms with van der Waals surface area (Å²) >= 11 is 1.55. The second kappa shape index (κ2) is 5.54. The van der Waals surface area contributed by atoms with E-state index >= 15 is 0 Å². The Bertz CT molecular complexity index is 509. The monoisotopic (exact) mass is 263 g/mol. The van der Waals surface area contributed by atoms with Crippen molar-refractivity contribution in [1.82, 2.24) is 20.1 Å². The average molecular weight is 263 g/mol. The number of nitrogens with zero attached hydrogens (tertiary/aromatic N) is 4. The largest absolute Gasteiger partial charge is 0.363 e. The van der Waals surface area contributed by atoms with Gasteiger partial charge in [-0.05, 0) is 12.1 Å². The summed E-state index contributed by atoms with van der Waals surface area (Å²) in [6.07, 6.45) is 0. The van der Waals surface area contributed by atoms with Crippen LogP contribution in [0.1, 0.15) is 16.2 Å². The van der Waals surface area contributed by atoms with Crippen LogP contribution in [0.25, 0.3) is 0 Å². The highest BCUT2D eigenvalue weighted by Gasteiger charge is 2.09. The van der Waals surface area contributed by atoms with E-state index in [0.29, 0.717) is 18.1 Å². The number of carbonyl (C=O) groups excluding carboxylic acids is 1. The van der Waals surface area contributed by atoms with Crippen LogP contribution in [-0.2, 0) is 6.54 Å². The number of aromatic nitrogens is 3. The van der Waals surface area contributed by atoms with Gasteiger partial charge in [0.05, 0.1) is 17.7 Å². The Morgan fingerprint density at radius 2 is 2.22 bits per heavy atom. The highest BCUT2D eigenvalue weighted by molar-refractivity contribution is 7.07. The summed E-state index contributed by atoms with van der Waals surface area (Å²) in [5.74, 6) is 0.465. The van der Waals surface area contributed by atoms with Crippen LogP contribution in [0.4, 0.5) is 5.82 Å². The first-order valence-corrected chi connectivity index (χ1v) is 6.27. The van der Waals surface area contributed by atoms with Crippen LogP contribution < -0.4 is 5.32 Å². The predicted molar refractivity (Wildman–Crippen MR) is 69.5 cm³/mol. The van der Waals surface area contributed by atoms with Crippen molar-refractivity contribution in [3.8, 4) is 0 Å². The molecular weight excluding hydrogens is 250 g/mol. The van der Waals surface area contributed by atoms with Crippen molar-refractivity contribution >= 4 is 23.1 Å². The van der Waals surface area contributed by atoms with Gasteiger partial charge in [-0.25, -0.2) is 4.98 Å². The molecule has 0 bridgehead atoms. The van der Waals surface area contributed by atoms with Gasteiger partial charge in [-0.2, -0.15) is 0 Å². The molecule has 18 heavy (non-hydrogen) atoms. The van der Waals surface area contributed by atoms with Gasteiger partial charge in [-0.15, -0.1) is 21.5 Å². The minimum absolute atomic E-state index is 0.159. The summed E-state index contributed by atoms with van der Waals surface area (Å²) < 4.78 is 0. The zero-order valence-corrected chi connectivity index (χ0v) is 10.9. The molecule has 0 aliphatic rings. The molecule has 0 aliphatic carbocycles. The maximum atomic E-state index is 11.6. The Labute approximate surface area is 109 Å². The number of hydrogen-bond acceptors (Lipinski definition) is 6. The molecule has 0 saturated heterocycles. The number of thiazole rings is 1. The second-order valence-electron chi connectivity index (χ2n) is 3.84. The molecule has 94 valence electrons. The topological polar surface area (TPSA) is 71.0 Å². The van der Waals surface area contributed by atoms with E-state index in [-0.39, 0.29) is 5.91 Å². The molecule has 0 spiro atoms. The van der Waals surface area contributed by atoms with Crippen LogP contribution >= 0.6 is 11.3 Å². The van der Waals surface area contributed by atoms with Crippen molar-refractivity contribution in [3.05, 3.63) is 34.4 Å². The van der Waals surface area contributed by atoms with Gasteiger partial charge in [0.15, 0.2) is 5.69 Å². The smallest absolute Gasteiger partial charge is 0.273 e. The van der Waals surface area contributed by atoms with Crippen LogP contribution in [0.3, 0.4) is 0 Å². The van der Waals surface area contributed by atoms with E-state index in [1.807, 2.05) is 5.38 Å². The van der Waals surface area contributed by atoms with E-state index in [0.717, 1.165) is 5.69 Å². The van der Waals surface area contributed by atoms with Crippen molar-refractivity contribution in [3.63, 3.8) is 0 Å². The molecule has 1 amide bonds. The Kier molecular flexibility index (Phi) is 3.83. The first-order valence-electron chi connectivity index (χ1n) is 5.33. The lowest BCUT2D eigenvalue weighted by molar-refractivity contribution is 0.0821. The third kappa shape index (κ3) is 3.01. The lowest BCUT2D eigenvalue weighted by Crippen LogP contribution is -2.23. The van der Waals surface area contributed by atoms with Gasteiger partial charge >= 0.3 is 0 Å². The molecule has 2 heterocycles. The Morgan fingerprint density at radius 1 is 1.39 bits per heavy atom. The highest BCUT2D eigenvalue weighted by Crippen LogP contribution is 2.07. The first kappa shape index (κ1) is 12.4. The number of hydrogen-bond donors (Lipinski definition) is 1. The summed E-state index contributed by atoms with van der Waals surface area (Å²) in [6.45, 7) is 0.596. The van der Waals surface area contributed by atoms with E-state index in [9.17, 15) is 4.79 Å². The SMILES string of the molecule is CN(C)C(=O)c1ccc(NCc2cscn2)nn1. The van der Waals surface area contributed by atoms with Gasteiger partial charge < -0.3 is 10.2 Å². The number of carbonyl (C=O) groups is 1. The highest BCUT2D eigenvalue weighted by atomic mass is 32.1. The zero-order chi connectivity index (χ0) is 13.0. The molecule has 6 nitrogen and oxygen atoms in total. The molecular formula is C11H13N5OS. The minimum Gasteiger partial charge on any atom is -0.363 e. The van der Waals surface area contributed by atoms with Crippen molar-refractivity contribution in [2.24, 2.45) is 0 Å². The lowest BCUT2D eigenvalue weighted by Gasteiger charge is -2.09. The third-order valence-electron chi connectivity index (χ3n) is 2.22. The minimum atomic E-state index is -0.159. The van der Waals surface area contributed by atoms with Crippen LogP contribution in [0.15, 0.2) is 23.0 Å². The molecule has 0 atom stereocenters. The average Bonchev–Trinajstić information content (AvgIpc) is 2.89. The fraction of sp³-hybridized carbons (Fsp3) is 0.273. The van der Waals surface area contributed by atoms with E-state index in [4.69, 9.17) is 0 Å². The summed E-state index contributed by atoms with van der Waals surface area (Å²) in [4.78, 5) is 17.2. The Morgan fingerprint density at radius 3 is 2.78 bits per heavy atom. The van der Waals surface area contributed by atoms with Gasteiger partial charge in [0.2, 0.25) is 0 Å². The van der Waals surface area contributed by atoms with Crippen LogP contribution in [0.2, 0.25) is 0 Å². The Hall–Kier alpha value is -2.02. The maximum Gasteiger partial charge on any atom is 0.273 e. The van der Waals surface area contributed by atoms with E-state index < -0.39 is 0 Å². The molecule has 0 aromatic carbocycles. The van der Waals surface area contributed by atoms with E-state index in [1.165, 1.54) is 4.90 Å². The maximum absolute atomic E-state index is 11.6. The van der Waals surface area contributed by atoms with Gasteiger partial charge in [0, 0.05) is 19.5 Å². The number of amides is 1. The van der Waals surface area contributed by atoms with Crippen molar-refractivity contribution < 1.29 is 4.79 Å². The zero-order valence-electron chi connectivity index (χ0n) is 10.1. The fourth-order valence-electron chi connectivity index (χ4n) is 1.28. The normalized spacial score (nSPS) is 10.1. The van der Waals surface area contributed by atoms with Crippen LogP contribution in [0.5, 0.6) is 0 Å². The molecule has 0 unspecified atom stereocenters. The molecule has 0 saturated carbocycles. The molecule has 2 aromatic heterocycles. The quantitative estimate of drug-likeness (QED) is 0.898. The van der Waals surface area contributed by atoms with Crippen molar-refractivity contribution in [1.29, 1.82) is 0 Å². The number of nitrogens with one attached hydrogen (secondary N) is 1. The number of rotatable bonds is 4. The van der Waals surface area contributed by atoms with Gasteiger partial charge in [0.1, 0.15) is 5.82 Å². The first-order chi connectivity index (χ1) is 8.66. The molecule has 0 radical (unpaired) electrons. The summed E-state index contributed by atoms with van der Waals surface area (Å²) in [5, 5.41) is 12.9. The van der Waals surface area contributed by atoms with E-state index in [2.05, 4.69) is 20.5 Å².